The lowest BCUT2D eigenvalue weighted by molar-refractivity contribution is -0.0779. The Balaban J connectivity index is 2.46. The second-order valence-electron chi connectivity index (χ2n) is 7.73. The molecule has 0 aliphatic carbocycles. The second-order valence-corrected chi connectivity index (χ2v) is 7.73. The van der Waals surface area contributed by atoms with Gasteiger partial charge >= 0.3 is 0 Å². The SMILES string of the molecule is Cc1cc(C)c(C(NN)C2CC(C)(C)OC2(C)C)c(C)c1. The first-order chi connectivity index (χ1) is 9.57. The van der Waals surface area contributed by atoms with Crippen LogP contribution in [0, 0.1) is 26.7 Å². The van der Waals surface area contributed by atoms with Gasteiger partial charge in [0.05, 0.1) is 17.2 Å². The van der Waals surface area contributed by atoms with Gasteiger partial charge < -0.3 is 4.74 Å². The fraction of sp³-hybridized carbons (Fsp3) is 0.667. The molecule has 0 bridgehead atoms. The zero-order valence-electron chi connectivity index (χ0n) is 14.5. The molecule has 2 unspecified atom stereocenters. The molecule has 1 aliphatic rings. The van der Waals surface area contributed by atoms with Crippen molar-refractivity contribution in [3.63, 3.8) is 0 Å². The number of nitrogens with one attached hydrogen (secondary N) is 1. The van der Waals surface area contributed by atoms with E-state index >= 15 is 0 Å². The first-order valence-electron chi connectivity index (χ1n) is 7.81. The molecule has 2 rings (SSSR count). The summed E-state index contributed by atoms with van der Waals surface area (Å²) in [6.07, 6.45) is 1.00. The lowest BCUT2D eigenvalue weighted by Crippen LogP contribution is -2.41. The second kappa shape index (κ2) is 5.38. The predicted octanol–water partition coefficient (Wildman–Crippen LogP) is 3.71. The van der Waals surface area contributed by atoms with Crippen LogP contribution in [-0.4, -0.2) is 11.2 Å². The maximum absolute atomic E-state index is 6.26. The minimum Gasteiger partial charge on any atom is -0.369 e. The fourth-order valence-corrected chi connectivity index (χ4v) is 4.21. The largest absolute Gasteiger partial charge is 0.369 e. The van der Waals surface area contributed by atoms with Crippen LogP contribution in [0.1, 0.15) is 62.4 Å². The van der Waals surface area contributed by atoms with E-state index in [0.717, 1.165) is 6.42 Å². The Kier molecular flexibility index (Phi) is 4.22. The third kappa shape index (κ3) is 3.15. The van der Waals surface area contributed by atoms with E-state index in [1.54, 1.807) is 0 Å². The maximum atomic E-state index is 6.26. The van der Waals surface area contributed by atoms with Gasteiger partial charge in [0.15, 0.2) is 0 Å². The van der Waals surface area contributed by atoms with Crippen LogP contribution in [0.4, 0.5) is 0 Å². The molecule has 118 valence electrons. The number of rotatable bonds is 3. The summed E-state index contributed by atoms with van der Waals surface area (Å²) in [5.74, 6) is 6.31. The van der Waals surface area contributed by atoms with Crippen molar-refractivity contribution in [3.05, 3.63) is 34.4 Å². The smallest absolute Gasteiger partial charge is 0.0681 e. The zero-order chi connectivity index (χ0) is 16.0. The van der Waals surface area contributed by atoms with Gasteiger partial charge in [-0.2, -0.15) is 0 Å². The maximum Gasteiger partial charge on any atom is 0.0681 e. The minimum atomic E-state index is -0.190. The van der Waals surface area contributed by atoms with Crippen LogP contribution in [0.2, 0.25) is 0 Å². The van der Waals surface area contributed by atoms with Gasteiger partial charge in [0.25, 0.3) is 0 Å². The highest BCUT2D eigenvalue weighted by Crippen LogP contribution is 2.48. The molecule has 1 fully saturated rings. The molecule has 1 aromatic rings. The van der Waals surface area contributed by atoms with Gasteiger partial charge in [0.2, 0.25) is 0 Å². The third-order valence-corrected chi connectivity index (χ3v) is 4.77. The topological polar surface area (TPSA) is 47.3 Å². The first-order valence-corrected chi connectivity index (χ1v) is 7.81. The van der Waals surface area contributed by atoms with Crippen LogP contribution in [-0.2, 0) is 4.74 Å². The average molecular weight is 290 g/mol. The van der Waals surface area contributed by atoms with Gasteiger partial charge in [-0.25, -0.2) is 0 Å². The van der Waals surface area contributed by atoms with E-state index in [1.165, 1.54) is 22.3 Å². The standard InChI is InChI=1S/C18H30N2O/c1-11-8-12(2)15(13(3)9-11)16(20-19)14-10-17(4,5)21-18(14,6)7/h8-9,14,16,20H,10,19H2,1-7H3. The van der Waals surface area contributed by atoms with E-state index in [2.05, 4.69) is 66.0 Å². The summed E-state index contributed by atoms with van der Waals surface area (Å²) in [6, 6.07) is 4.59. The molecule has 0 spiro atoms. The molecule has 1 aliphatic heterocycles. The Bertz CT molecular complexity index is 511. The van der Waals surface area contributed by atoms with Gasteiger partial charge in [-0.1, -0.05) is 17.7 Å². The van der Waals surface area contributed by atoms with Gasteiger partial charge in [-0.15, -0.1) is 0 Å². The highest BCUT2D eigenvalue weighted by atomic mass is 16.5. The highest BCUT2D eigenvalue weighted by Gasteiger charge is 2.49. The Labute approximate surface area is 129 Å². The number of hydrogen-bond acceptors (Lipinski definition) is 3. The molecule has 3 nitrogen and oxygen atoms in total. The van der Waals surface area contributed by atoms with Gasteiger partial charge in [0, 0.05) is 5.92 Å². The summed E-state index contributed by atoms with van der Waals surface area (Å²) >= 11 is 0. The van der Waals surface area contributed by atoms with E-state index in [9.17, 15) is 0 Å². The van der Waals surface area contributed by atoms with Crippen LogP contribution >= 0.6 is 0 Å². The van der Waals surface area contributed by atoms with Crippen LogP contribution in [0.15, 0.2) is 12.1 Å². The number of hydrogen-bond donors (Lipinski definition) is 2. The normalized spacial score (nSPS) is 25.0. The van der Waals surface area contributed by atoms with E-state index in [0.29, 0.717) is 5.92 Å². The predicted molar refractivity (Wildman–Crippen MR) is 88.1 cm³/mol. The lowest BCUT2D eigenvalue weighted by Gasteiger charge is -2.34. The first kappa shape index (κ1) is 16.5. The number of benzene rings is 1. The molecular formula is C18H30N2O. The molecule has 0 amide bonds. The Morgan fingerprint density at radius 1 is 1.14 bits per heavy atom. The molecule has 0 radical (unpaired) electrons. The van der Waals surface area contributed by atoms with Crippen molar-refractivity contribution < 1.29 is 4.74 Å². The number of nitrogens with two attached hydrogens (primary N) is 1. The number of aryl methyl sites for hydroxylation is 3. The van der Waals surface area contributed by atoms with Crippen LogP contribution in [0.25, 0.3) is 0 Å². The van der Waals surface area contributed by atoms with Crippen LogP contribution in [0.3, 0.4) is 0 Å². The van der Waals surface area contributed by atoms with Crippen molar-refractivity contribution in [3.8, 4) is 0 Å². The van der Waals surface area contributed by atoms with Crippen molar-refractivity contribution >= 4 is 0 Å². The summed E-state index contributed by atoms with van der Waals surface area (Å²) in [5.41, 5.74) is 8.01. The monoisotopic (exact) mass is 290 g/mol. The lowest BCUT2D eigenvalue weighted by atomic mass is 9.77. The van der Waals surface area contributed by atoms with E-state index in [4.69, 9.17) is 10.6 Å². The molecule has 1 aromatic carbocycles. The summed E-state index contributed by atoms with van der Waals surface area (Å²) < 4.78 is 6.26. The molecule has 1 saturated heterocycles. The molecule has 3 N–H and O–H groups in total. The van der Waals surface area contributed by atoms with Gasteiger partial charge in [0.1, 0.15) is 0 Å². The molecule has 3 heteroatoms. The molecule has 0 aromatic heterocycles. The fourth-order valence-electron chi connectivity index (χ4n) is 4.21. The zero-order valence-corrected chi connectivity index (χ0v) is 14.5. The van der Waals surface area contributed by atoms with E-state index in [-0.39, 0.29) is 17.2 Å². The summed E-state index contributed by atoms with van der Waals surface area (Å²) in [6.45, 7) is 15.2. The minimum absolute atomic E-state index is 0.101. The van der Waals surface area contributed by atoms with E-state index < -0.39 is 0 Å². The molecular weight excluding hydrogens is 260 g/mol. The molecule has 2 atom stereocenters. The van der Waals surface area contributed by atoms with Crippen molar-refractivity contribution in [1.29, 1.82) is 0 Å². The third-order valence-electron chi connectivity index (χ3n) is 4.77. The molecule has 21 heavy (non-hydrogen) atoms. The quantitative estimate of drug-likeness (QED) is 0.659. The number of ether oxygens (including phenoxy) is 1. The van der Waals surface area contributed by atoms with Crippen molar-refractivity contribution in [2.75, 3.05) is 0 Å². The van der Waals surface area contributed by atoms with Gasteiger partial charge in [-0.3, -0.25) is 11.3 Å². The molecule has 1 heterocycles. The van der Waals surface area contributed by atoms with Crippen LogP contribution < -0.4 is 11.3 Å². The van der Waals surface area contributed by atoms with E-state index in [1.807, 2.05) is 0 Å². The average Bonchev–Trinajstić information content (AvgIpc) is 2.51. The Morgan fingerprint density at radius 2 is 1.67 bits per heavy atom. The van der Waals surface area contributed by atoms with Crippen molar-refractivity contribution in [2.24, 2.45) is 11.8 Å². The summed E-state index contributed by atoms with van der Waals surface area (Å²) in [5, 5.41) is 0. The Hall–Kier alpha value is -0.900. The van der Waals surface area contributed by atoms with Crippen molar-refractivity contribution in [1.82, 2.24) is 5.43 Å². The number of hydrazine groups is 1. The van der Waals surface area contributed by atoms with Crippen molar-refractivity contribution in [2.45, 2.75) is 72.1 Å². The molecule has 0 saturated carbocycles. The highest BCUT2D eigenvalue weighted by molar-refractivity contribution is 5.40. The van der Waals surface area contributed by atoms with Gasteiger partial charge in [-0.05, 0) is 71.6 Å². The Morgan fingerprint density at radius 3 is 2.05 bits per heavy atom. The summed E-state index contributed by atoms with van der Waals surface area (Å²) in [7, 11) is 0. The van der Waals surface area contributed by atoms with Crippen LogP contribution in [0.5, 0.6) is 0 Å². The summed E-state index contributed by atoms with van der Waals surface area (Å²) in [4.78, 5) is 0.